The number of aryl methyl sites for hydroxylation is 1. The molecule has 0 saturated carbocycles. The molecule has 2 heterocycles. The Kier molecular flexibility index (Phi) is 5.10. The molecule has 0 spiro atoms. The Labute approximate surface area is 189 Å². The Morgan fingerprint density at radius 2 is 1.76 bits per heavy atom. The van der Waals surface area contributed by atoms with E-state index in [1.54, 1.807) is 6.07 Å². The Balaban J connectivity index is 1.46. The molecule has 0 radical (unpaired) electrons. The van der Waals surface area contributed by atoms with Crippen LogP contribution in [0.3, 0.4) is 0 Å². The third-order valence-corrected chi connectivity index (χ3v) is 5.63. The summed E-state index contributed by atoms with van der Waals surface area (Å²) in [5, 5.41) is 10.4. The second-order valence-electron chi connectivity index (χ2n) is 7.99. The smallest absolute Gasteiger partial charge is 0.258 e. The van der Waals surface area contributed by atoms with Crippen molar-refractivity contribution >= 4 is 45.7 Å². The quantitative estimate of drug-likeness (QED) is 0.383. The van der Waals surface area contributed by atoms with Crippen molar-refractivity contribution in [2.24, 2.45) is 0 Å². The maximum Gasteiger partial charge on any atom is 0.258 e. The van der Waals surface area contributed by atoms with Crippen molar-refractivity contribution in [3.8, 4) is 0 Å². The van der Waals surface area contributed by atoms with E-state index in [4.69, 9.17) is 0 Å². The fourth-order valence-electron chi connectivity index (χ4n) is 3.98. The molecule has 0 fully saturated rings. The number of amides is 2. The Morgan fingerprint density at radius 1 is 1.00 bits per heavy atom. The van der Waals surface area contributed by atoms with Crippen LogP contribution in [0.25, 0.3) is 10.8 Å². The first-order valence-corrected chi connectivity index (χ1v) is 10.5. The second kappa shape index (κ2) is 8.23. The molecule has 5 rings (SSSR count). The zero-order chi connectivity index (χ0) is 22.9. The lowest BCUT2D eigenvalue weighted by Gasteiger charge is -2.24. The van der Waals surface area contributed by atoms with E-state index in [1.165, 1.54) is 0 Å². The van der Waals surface area contributed by atoms with Crippen LogP contribution in [0.5, 0.6) is 0 Å². The molecule has 4 aromatic rings. The highest BCUT2D eigenvalue weighted by atomic mass is 16.2. The van der Waals surface area contributed by atoms with Crippen molar-refractivity contribution in [2.75, 3.05) is 16.0 Å². The molecule has 0 bridgehead atoms. The summed E-state index contributed by atoms with van der Waals surface area (Å²) in [6, 6.07) is 20.8. The van der Waals surface area contributed by atoms with Gasteiger partial charge in [0.1, 0.15) is 5.82 Å². The Morgan fingerprint density at radius 3 is 2.58 bits per heavy atom. The summed E-state index contributed by atoms with van der Waals surface area (Å²) in [4.78, 5) is 45.5. The van der Waals surface area contributed by atoms with Gasteiger partial charge in [-0.1, -0.05) is 54.1 Å². The molecule has 0 saturated heterocycles. The summed E-state index contributed by atoms with van der Waals surface area (Å²) < 4.78 is 0. The van der Waals surface area contributed by atoms with Crippen LogP contribution in [0.1, 0.15) is 23.5 Å². The number of anilines is 4. The molecule has 33 heavy (non-hydrogen) atoms. The van der Waals surface area contributed by atoms with Crippen LogP contribution in [-0.4, -0.2) is 21.8 Å². The molecule has 164 valence electrons. The van der Waals surface area contributed by atoms with Crippen molar-refractivity contribution in [3.63, 3.8) is 0 Å². The van der Waals surface area contributed by atoms with Crippen molar-refractivity contribution in [2.45, 2.75) is 19.3 Å². The lowest BCUT2D eigenvalue weighted by molar-refractivity contribution is -0.123. The van der Waals surface area contributed by atoms with E-state index in [-0.39, 0.29) is 29.7 Å². The number of fused-ring (bicyclic) bond motifs is 2. The summed E-state index contributed by atoms with van der Waals surface area (Å²) in [6.07, 6.45) is -0.140. The van der Waals surface area contributed by atoms with Crippen LogP contribution in [0.4, 0.5) is 23.1 Å². The highest BCUT2D eigenvalue weighted by molar-refractivity contribution is 6.08. The Bertz CT molecular complexity index is 1440. The Hall–Kier alpha value is -4.46. The number of hydrogen-bond donors (Lipinski definition) is 4. The normalized spacial score (nSPS) is 14.9. The SMILES string of the molecule is Cc1ccc(Nc2nc3c(c(=O)[nH]2)C(C(=O)Nc2cccc4ccccc24)CC(=O)N3)cc1. The van der Waals surface area contributed by atoms with Crippen LogP contribution in [0, 0.1) is 6.92 Å². The van der Waals surface area contributed by atoms with E-state index in [2.05, 4.69) is 25.9 Å². The highest BCUT2D eigenvalue weighted by Crippen LogP contribution is 2.31. The number of aromatic nitrogens is 2. The number of hydrogen-bond acceptors (Lipinski definition) is 5. The predicted octanol–water partition coefficient (Wildman–Crippen LogP) is 4.04. The van der Waals surface area contributed by atoms with Gasteiger partial charge in [0.2, 0.25) is 17.8 Å². The number of aromatic amines is 1. The summed E-state index contributed by atoms with van der Waals surface area (Å²) in [6.45, 7) is 1.97. The minimum atomic E-state index is -0.961. The molecule has 1 aliphatic rings. The van der Waals surface area contributed by atoms with E-state index in [1.807, 2.05) is 67.6 Å². The monoisotopic (exact) mass is 439 g/mol. The van der Waals surface area contributed by atoms with Gasteiger partial charge in [-0.2, -0.15) is 4.98 Å². The average molecular weight is 439 g/mol. The van der Waals surface area contributed by atoms with E-state index in [0.29, 0.717) is 5.69 Å². The van der Waals surface area contributed by atoms with Gasteiger partial charge in [-0.3, -0.25) is 19.4 Å². The van der Waals surface area contributed by atoms with Crippen LogP contribution >= 0.6 is 0 Å². The molecule has 4 N–H and O–H groups in total. The molecule has 1 unspecified atom stereocenters. The van der Waals surface area contributed by atoms with Crippen molar-refractivity contribution in [1.29, 1.82) is 0 Å². The minimum Gasteiger partial charge on any atom is -0.326 e. The minimum absolute atomic E-state index is 0.0858. The number of benzene rings is 3. The number of carbonyl (C=O) groups is 2. The van der Waals surface area contributed by atoms with Crippen molar-refractivity contribution < 1.29 is 9.59 Å². The van der Waals surface area contributed by atoms with Gasteiger partial charge >= 0.3 is 0 Å². The number of carbonyl (C=O) groups excluding carboxylic acids is 2. The van der Waals surface area contributed by atoms with Gasteiger partial charge in [-0.25, -0.2) is 0 Å². The largest absolute Gasteiger partial charge is 0.326 e. The standard InChI is InChI=1S/C25H21N5O3/c1-14-9-11-16(12-10-14)26-25-29-22-21(24(33)30-25)18(13-20(31)28-22)23(32)27-19-8-4-6-15-5-2-3-7-17(15)19/h2-12,18H,13H2,1H3,(H,27,32)(H3,26,28,29,30,31,33). The molecule has 0 aliphatic carbocycles. The van der Waals surface area contributed by atoms with Crippen LogP contribution in [0.2, 0.25) is 0 Å². The van der Waals surface area contributed by atoms with E-state index in [0.717, 1.165) is 22.0 Å². The molecular formula is C25H21N5O3. The molecule has 8 heteroatoms. The predicted molar refractivity (Wildman–Crippen MR) is 128 cm³/mol. The summed E-state index contributed by atoms with van der Waals surface area (Å²) in [7, 11) is 0. The summed E-state index contributed by atoms with van der Waals surface area (Å²) >= 11 is 0. The maximum atomic E-state index is 13.2. The van der Waals surface area contributed by atoms with E-state index < -0.39 is 17.4 Å². The van der Waals surface area contributed by atoms with E-state index >= 15 is 0 Å². The zero-order valence-electron chi connectivity index (χ0n) is 17.8. The van der Waals surface area contributed by atoms with Crippen LogP contribution < -0.4 is 21.5 Å². The van der Waals surface area contributed by atoms with Crippen molar-refractivity contribution in [3.05, 3.63) is 88.2 Å². The maximum absolute atomic E-state index is 13.2. The van der Waals surface area contributed by atoms with E-state index in [9.17, 15) is 14.4 Å². The fraction of sp³-hybridized carbons (Fsp3) is 0.120. The lowest BCUT2D eigenvalue weighted by Crippen LogP contribution is -2.36. The van der Waals surface area contributed by atoms with Crippen molar-refractivity contribution in [1.82, 2.24) is 9.97 Å². The zero-order valence-corrected chi connectivity index (χ0v) is 17.8. The van der Waals surface area contributed by atoms with Gasteiger partial charge in [0.05, 0.1) is 11.5 Å². The molecule has 3 aromatic carbocycles. The third-order valence-electron chi connectivity index (χ3n) is 5.63. The van der Waals surface area contributed by atoms with Gasteiger partial charge in [-0.15, -0.1) is 0 Å². The van der Waals surface area contributed by atoms with Gasteiger partial charge in [0, 0.05) is 23.2 Å². The van der Waals surface area contributed by atoms with Gasteiger partial charge in [-0.05, 0) is 30.5 Å². The number of H-pyrrole nitrogens is 1. The first-order chi connectivity index (χ1) is 16.0. The first-order valence-electron chi connectivity index (χ1n) is 10.5. The van der Waals surface area contributed by atoms with Gasteiger partial charge < -0.3 is 16.0 Å². The van der Waals surface area contributed by atoms with Crippen LogP contribution in [-0.2, 0) is 9.59 Å². The molecule has 8 nitrogen and oxygen atoms in total. The van der Waals surface area contributed by atoms with Gasteiger partial charge in [0.15, 0.2) is 0 Å². The first kappa shape index (κ1) is 20.4. The fourth-order valence-corrected chi connectivity index (χ4v) is 3.98. The lowest BCUT2D eigenvalue weighted by atomic mass is 9.92. The average Bonchev–Trinajstić information content (AvgIpc) is 2.80. The third kappa shape index (κ3) is 4.06. The molecule has 1 aliphatic heterocycles. The molecule has 1 atom stereocenters. The molecule has 1 aromatic heterocycles. The number of nitrogens with one attached hydrogen (secondary N) is 4. The summed E-state index contributed by atoms with van der Waals surface area (Å²) in [5.74, 6) is -1.51. The number of nitrogens with zero attached hydrogens (tertiary/aromatic N) is 1. The summed E-state index contributed by atoms with van der Waals surface area (Å²) in [5.41, 5.74) is 2.11. The van der Waals surface area contributed by atoms with Gasteiger partial charge in [0.25, 0.3) is 5.56 Å². The highest BCUT2D eigenvalue weighted by Gasteiger charge is 2.35. The van der Waals surface area contributed by atoms with Crippen LogP contribution in [0.15, 0.2) is 71.5 Å². The second-order valence-corrected chi connectivity index (χ2v) is 7.99. The molecular weight excluding hydrogens is 418 g/mol. The molecule has 2 amide bonds. The number of rotatable bonds is 4. The topological polar surface area (TPSA) is 116 Å².